The molecule has 0 saturated heterocycles. The van der Waals surface area contributed by atoms with Crippen molar-refractivity contribution in [2.75, 3.05) is 0 Å². The van der Waals surface area contributed by atoms with Gasteiger partial charge in [0.1, 0.15) is 11.3 Å². The standard InChI is InChI=1S/C12H12N2O3/c1-7-10(9-4-3-5-17-9)11(15)8(12(13)16)6-14(7)2/h3-6H,1-2H3,(H2,13,16). The zero-order valence-electron chi connectivity index (χ0n) is 9.56. The number of rotatable bonds is 2. The topological polar surface area (TPSA) is 78.2 Å². The zero-order valence-corrected chi connectivity index (χ0v) is 9.56. The monoisotopic (exact) mass is 232 g/mol. The molecule has 0 aliphatic carbocycles. The minimum absolute atomic E-state index is 0.0375. The van der Waals surface area contributed by atoms with Gasteiger partial charge in [0.25, 0.3) is 5.91 Å². The Hall–Kier alpha value is -2.30. The van der Waals surface area contributed by atoms with E-state index in [1.807, 2.05) is 0 Å². The van der Waals surface area contributed by atoms with E-state index in [9.17, 15) is 9.59 Å². The molecule has 17 heavy (non-hydrogen) atoms. The van der Waals surface area contributed by atoms with Crippen LogP contribution in [0.5, 0.6) is 0 Å². The van der Waals surface area contributed by atoms with Crippen molar-refractivity contribution in [3.8, 4) is 11.3 Å². The summed E-state index contributed by atoms with van der Waals surface area (Å²) in [5, 5.41) is 0. The summed E-state index contributed by atoms with van der Waals surface area (Å²) in [6.07, 6.45) is 2.91. The molecular formula is C12H12N2O3. The Labute approximate surface area is 97.5 Å². The lowest BCUT2D eigenvalue weighted by Crippen LogP contribution is -2.25. The number of carbonyl (C=O) groups is 1. The van der Waals surface area contributed by atoms with Gasteiger partial charge in [0.05, 0.1) is 11.8 Å². The van der Waals surface area contributed by atoms with Crippen LogP contribution in [0.3, 0.4) is 0 Å². The Morgan fingerprint density at radius 3 is 2.71 bits per heavy atom. The first-order valence-corrected chi connectivity index (χ1v) is 5.06. The third kappa shape index (κ3) is 1.75. The van der Waals surface area contributed by atoms with Crippen LogP contribution >= 0.6 is 0 Å². The molecule has 0 atom stereocenters. The predicted molar refractivity (Wildman–Crippen MR) is 62.6 cm³/mol. The quantitative estimate of drug-likeness (QED) is 0.840. The summed E-state index contributed by atoms with van der Waals surface area (Å²) in [4.78, 5) is 23.3. The Balaban J connectivity index is 2.83. The van der Waals surface area contributed by atoms with Crippen molar-refractivity contribution >= 4 is 5.91 Å². The van der Waals surface area contributed by atoms with Crippen LogP contribution in [0.4, 0.5) is 0 Å². The van der Waals surface area contributed by atoms with Crippen molar-refractivity contribution in [2.45, 2.75) is 6.92 Å². The molecule has 2 aromatic heterocycles. The van der Waals surface area contributed by atoms with Gasteiger partial charge in [0.2, 0.25) is 5.43 Å². The molecule has 5 heteroatoms. The molecule has 0 unspecified atom stereocenters. The number of nitrogens with zero attached hydrogens (tertiary/aromatic N) is 1. The van der Waals surface area contributed by atoms with Crippen molar-refractivity contribution in [2.24, 2.45) is 12.8 Å². The summed E-state index contributed by atoms with van der Waals surface area (Å²) in [6.45, 7) is 1.78. The number of carbonyl (C=O) groups excluding carboxylic acids is 1. The van der Waals surface area contributed by atoms with Crippen molar-refractivity contribution in [1.29, 1.82) is 0 Å². The average molecular weight is 232 g/mol. The van der Waals surface area contributed by atoms with Gasteiger partial charge in [0.15, 0.2) is 0 Å². The highest BCUT2D eigenvalue weighted by atomic mass is 16.3. The molecule has 0 radical (unpaired) electrons. The number of pyridine rings is 1. The minimum atomic E-state index is -0.738. The van der Waals surface area contributed by atoms with Gasteiger partial charge in [-0.1, -0.05) is 0 Å². The number of hydrogen-bond acceptors (Lipinski definition) is 3. The van der Waals surface area contributed by atoms with E-state index in [2.05, 4.69) is 0 Å². The maximum atomic E-state index is 12.1. The van der Waals surface area contributed by atoms with Crippen molar-refractivity contribution in [3.05, 3.63) is 46.1 Å². The van der Waals surface area contributed by atoms with Gasteiger partial charge >= 0.3 is 0 Å². The highest BCUT2D eigenvalue weighted by Gasteiger charge is 2.17. The van der Waals surface area contributed by atoms with Crippen LogP contribution in [-0.2, 0) is 7.05 Å². The second-order valence-electron chi connectivity index (χ2n) is 3.78. The maximum Gasteiger partial charge on any atom is 0.254 e. The SMILES string of the molecule is Cc1c(-c2ccco2)c(=O)c(C(N)=O)cn1C. The van der Waals surface area contributed by atoms with E-state index in [1.54, 1.807) is 30.7 Å². The van der Waals surface area contributed by atoms with Crippen LogP contribution in [0, 0.1) is 6.92 Å². The summed E-state index contributed by atoms with van der Waals surface area (Å²) >= 11 is 0. The molecule has 0 aliphatic rings. The molecule has 0 fully saturated rings. The molecule has 5 nitrogen and oxygen atoms in total. The first-order valence-electron chi connectivity index (χ1n) is 5.06. The van der Waals surface area contributed by atoms with Crippen LogP contribution in [0.25, 0.3) is 11.3 Å². The molecule has 0 bridgehead atoms. The average Bonchev–Trinajstić information content (AvgIpc) is 2.76. The lowest BCUT2D eigenvalue weighted by Gasteiger charge is -2.10. The molecule has 2 rings (SSSR count). The van der Waals surface area contributed by atoms with Gasteiger partial charge in [-0.2, -0.15) is 0 Å². The second kappa shape index (κ2) is 3.93. The van der Waals surface area contributed by atoms with Crippen LogP contribution in [0.15, 0.2) is 33.8 Å². The molecule has 2 aromatic rings. The summed E-state index contributed by atoms with van der Waals surface area (Å²) < 4.78 is 6.89. The first-order chi connectivity index (χ1) is 8.02. The van der Waals surface area contributed by atoms with E-state index in [4.69, 9.17) is 10.2 Å². The molecule has 0 aromatic carbocycles. The normalized spacial score (nSPS) is 10.5. The summed E-state index contributed by atoms with van der Waals surface area (Å²) in [7, 11) is 1.74. The fourth-order valence-corrected chi connectivity index (χ4v) is 1.71. The molecule has 2 heterocycles. The van der Waals surface area contributed by atoms with Crippen LogP contribution < -0.4 is 11.2 Å². The number of primary amides is 1. The molecule has 0 aliphatic heterocycles. The van der Waals surface area contributed by atoms with E-state index in [0.717, 1.165) is 5.69 Å². The van der Waals surface area contributed by atoms with Gasteiger partial charge < -0.3 is 14.7 Å². The maximum absolute atomic E-state index is 12.1. The third-order valence-corrected chi connectivity index (χ3v) is 2.72. The second-order valence-corrected chi connectivity index (χ2v) is 3.78. The van der Waals surface area contributed by atoms with Gasteiger partial charge in [-0.3, -0.25) is 9.59 Å². The Bertz CT molecular complexity index is 624. The van der Waals surface area contributed by atoms with E-state index in [1.165, 1.54) is 12.5 Å². The van der Waals surface area contributed by atoms with E-state index < -0.39 is 11.3 Å². The predicted octanol–water partition coefficient (Wildman–Crippen LogP) is 1.05. The Morgan fingerprint density at radius 1 is 1.47 bits per heavy atom. The highest BCUT2D eigenvalue weighted by molar-refractivity contribution is 5.93. The Morgan fingerprint density at radius 2 is 2.18 bits per heavy atom. The zero-order chi connectivity index (χ0) is 12.6. The van der Waals surface area contributed by atoms with Crippen molar-refractivity contribution in [1.82, 2.24) is 4.57 Å². The van der Waals surface area contributed by atoms with Gasteiger partial charge in [-0.25, -0.2) is 0 Å². The summed E-state index contributed by atoms with van der Waals surface area (Å²) in [6, 6.07) is 3.36. The van der Waals surface area contributed by atoms with E-state index in [0.29, 0.717) is 11.3 Å². The molecule has 88 valence electrons. The fourth-order valence-electron chi connectivity index (χ4n) is 1.71. The van der Waals surface area contributed by atoms with E-state index in [-0.39, 0.29) is 5.56 Å². The molecular weight excluding hydrogens is 220 g/mol. The number of hydrogen-bond donors (Lipinski definition) is 1. The minimum Gasteiger partial charge on any atom is -0.464 e. The lowest BCUT2D eigenvalue weighted by atomic mass is 10.1. The third-order valence-electron chi connectivity index (χ3n) is 2.72. The van der Waals surface area contributed by atoms with Gasteiger partial charge in [-0.15, -0.1) is 0 Å². The smallest absolute Gasteiger partial charge is 0.254 e. The van der Waals surface area contributed by atoms with Crippen molar-refractivity contribution in [3.63, 3.8) is 0 Å². The van der Waals surface area contributed by atoms with Gasteiger partial charge in [-0.05, 0) is 19.1 Å². The molecule has 2 N–H and O–H groups in total. The number of aromatic nitrogens is 1. The van der Waals surface area contributed by atoms with Crippen molar-refractivity contribution < 1.29 is 9.21 Å². The summed E-state index contributed by atoms with van der Waals surface area (Å²) in [5.74, 6) is -0.301. The lowest BCUT2D eigenvalue weighted by molar-refractivity contribution is 0.0998. The van der Waals surface area contributed by atoms with Crippen LogP contribution in [0.1, 0.15) is 16.1 Å². The number of nitrogens with two attached hydrogens (primary N) is 1. The largest absolute Gasteiger partial charge is 0.464 e. The van der Waals surface area contributed by atoms with Crippen LogP contribution in [0.2, 0.25) is 0 Å². The fraction of sp³-hybridized carbons (Fsp3) is 0.167. The number of amides is 1. The van der Waals surface area contributed by atoms with Gasteiger partial charge in [0, 0.05) is 18.9 Å². The highest BCUT2D eigenvalue weighted by Crippen LogP contribution is 2.20. The molecule has 0 spiro atoms. The van der Waals surface area contributed by atoms with Crippen LogP contribution in [-0.4, -0.2) is 10.5 Å². The Kier molecular flexibility index (Phi) is 2.59. The van der Waals surface area contributed by atoms with E-state index >= 15 is 0 Å². The molecule has 1 amide bonds. The number of furan rings is 1. The first kappa shape index (κ1) is 11.2. The number of aryl methyl sites for hydroxylation is 1. The molecule has 0 saturated carbocycles. The summed E-state index contributed by atoms with van der Waals surface area (Å²) in [5.41, 5.74) is 5.82.